The van der Waals surface area contributed by atoms with E-state index in [4.69, 9.17) is 5.26 Å². The average Bonchev–Trinajstić information content (AvgIpc) is 2.68. The fraction of sp³-hybridized carbons (Fsp3) is 0.286. The van der Waals surface area contributed by atoms with Crippen LogP contribution in [-0.4, -0.2) is 36.3 Å². The molecular formula is C21H21N3O2. The van der Waals surface area contributed by atoms with Crippen LogP contribution in [0, 0.1) is 11.3 Å². The number of para-hydroxylation sites is 1. The van der Waals surface area contributed by atoms with Gasteiger partial charge in [0.2, 0.25) is 5.91 Å². The topological polar surface area (TPSA) is 64.4 Å². The van der Waals surface area contributed by atoms with E-state index >= 15 is 0 Å². The quantitative estimate of drug-likeness (QED) is 0.854. The second-order valence-electron chi connectivity index (χ2n) is 6.43. The van der Waals surface area contributed by atoms with E-state index in [9.17, 15) is 9.59 Å². The van der Waals surface area contributed by atoms with Crippen LogP contribution in [0.1, 0.15) is 28.8 Å². The first-order chi connectivity index (χ1) is 12.6. The fourth-order valence-corrected chi connectivity index (χ4v) is 3.33. The Balaban J connectivity index is 1.79. The summed E-state index contributed by atoms with van der Waals surface area (Å²) in [6, 6.07) is 18.2. The molecule has 26 heavy (non-hydrogen) atoms. The molecule has 2 amide bonds. The van der Waals surface area contributed by atoms with Gasteiger partial charge in [0.25, 0.3) is 5.91 Å². The molecule has 5 heteroatoms. The van der Waals surface area contributed by atoms with E-state index in [-0.39, 0.29) is 18.2 Å². The summed E-state index contributed by atoms with van der Waals surface area (Å²) in [6.07, 6.45) is 1.76. The Morgan fingerprint density at radius 1 is 1.23 bits per heavy atom. The molecule has 132 valence electrons. The second kappa shape index (κ2) is 7.83. The molecule has 1 fully saturated rings. The summed E-state index contributed by atoms with van der Waals surface area (Å²) in [5.74, 6) is -0.246. The Bertz CT molecular complexity index is 842. The zero-order valence-corrected chi connectivity index (χ0v) is 14.8. The number of rotatable bonds is 4. The van der Waals surface area contributed by atoms with Gasteiger partial charge in [-0.3, -0.25) is 9.59 Å². The second-order valence-corrected chi connectivity index (χ2v) is 6.43. The van der Waals surface area contributed by atoms with Gasteiger partial charge in [-0.2, -0.15) is 5.26 Å². The standard InChI is InChI=1S/C21H21N3O2/c1-23(20(25)17-8-5-7-16(15-17)12-13-22)19-11-6-14-24(21(19)26)18-9-3-2-4-10-18/h2-5,7-10,15,19H,6,11-12,14H2,1H3. The summed E-state index contributed by atoms with van der Waals surface area (Å²) in [4.78, 5) is 29.1. The number of benzene rings is 2. The predicted molar refractivity (Wildman–Crippen MR) is 99.7 cm³/mol. The lowest BCUT2D eigenvalue weighted by molar-refractivity contribution is -0.124. The van der Waals surface area contributed by atoms with Crippen LogP contribution in [0.5, 0.6) is 0 Å². The van der Waals surface area contributed by atoms with Crippen molar-refractivity contribution < 1.29 is 9.59 Å². The highest BCUT2D eigenvalue weighted by Crippen LogP contribution is 2.24. The highest BCUT2D eigenvalue weighted by molar-refractivity contribution is 6.02. The Labute approximate surface area is 153 Å². The minimum atomic E-state index is -0.476. The van der Waals surface area contributed by atoms with E-state index in [2.05, 4.69) is 6.07 Å². The average molecular weight is 347 g/mol. The third-order valence-electron chi connectivity index (χ3n) is 4.72. The fourth-order valence-electron chi connectivity index (χ4n) is 3.33. The van der Waals surface area contributed by atoms with Gasteiger partial charge in [0.1, 0.15) is 6.04 Å². The van der Waals surface area contributed by atoms with E-state index in [1.807, 2.05) is 36.4 Å². The van der Waals surface area contributed by atoms with Crippen molar-refractivity contribution in [1.82, 2.24) is 4.90 Å². The van der Waals surface area contributed by atoms with Crippen molar-refractivity contribution in [3.63, 3.8) is 0 Å². The van der Waals surface area contributed by atoms with Gasteiger partial charge < -0.3 is 9.80 Å². The first-order valence-corrected chi connectivity index (χ1v) is 8.71. The van der Waals surface area contributed by atoms with Crippen molar-refractivity contribution in [2.24, 2.45) is 0 Å². The Morgan fingerprint density at radius 3 is 2.73 bits per heavy atom. The molecule has 1 saturated heterocycles. The normalized spacial score (nSPS) is 16.8. The molecule has 2 aromatic carbocycles. The Morgan fingerprint density at radius 2 is 2.00 bits per heavy atom. The maximum atomic E-state index is 13.0. The molecule has 0 saturated carbocycles. The van der Waals surface area contributed by atoms with Crippen LogP contribution in [0.2, 0.25) is 0 Å². The molecule has 0 bridgehead atoms. The molecular weight excluding hydrogens is 326 g/mol. The van der Waals surface area contributed by atoms with Gasteiger partial charge in [0, 0.05) is 24.8 Å². The van der Waals surface area contributed by atoms with Crippen molar-refractivity contribution >= 4 is 17.5 Å². The van der Waals surface area contributed by atoms with Gasteiger partial charge >= 0.3 is 0 Å². The van der Waals surface area contributed by atoms with Crippen LogP contribution in [0.3, 0.4) is 0 Å². The summed E-state index contributed by atoms with van der Waals surface area (Å²) in [5, 5.41) is 8.84. The first kappa shape index (κ1) is 17.7. The van der Waals surface area contributed by atoms with Crippen molar-refractivity contribution in [2.75, 3.05) is 18.5 Å². The molecule has 2 aromatic rings. The van der Waals surface area contributed by atoms with E-state index in [0.717, 1.165) is 17.7 Å². The third kappa shape index (κ3) is 3.60. The van der Waals surface area contributed by atoms with Crippen LogP contribution in [-0.2, 0) is 11.2 Å². The number of carbonyl (C=O) groups excluding carboxylic acids is 2. The number of anilines is 1. The molecule has 1 atom stereocenters. The zero-order chi connectivity index (χ0) is 18.5. The number of piperidine rings is 1. The van der Waals surface area contributed by atoms with Gasteiger partial charge in [-0.1, -0.05) is 30.3 Å². The van der Waals surface area contributed by atoms with Crippen LogP contribution < -0.4 is 4.90 Å². The smallest absolute Gasteiger partial charge is 0.254 e. The van der Waals surface area contributed by atoms with Crippen molar-refractivity contribution in [3.05, 3.63) is 65.7 Å². The number of nitrogens with zero attached hydrogens (tertiary/aromatic N) is 3. The maximum absolute atomic E-state index is 13.0. The summed E-state index contributed by atoms with van der Waals surface area (Å²) < 4.78 is 0. The summed E-state index contributed by atoms with van der Waals surface area (Å²) in [7, 11) is 1.68. The summed E-state index contributed by atoms with van der Waals surface area (Å²) >= 11 is 0. The van der Waals surface area contributed by atoms with E-state index in [1.54, 1.807) is 30.1 Å². The van der Waals surface area contributed by atoms with E-state index < -0.39 is 6.04 Å². The first-order valence-electron chi connectivity index (χ1n) is 8.71. The van der Waals surface area contributed by atoms with Crippen LogP contribution in [0.25, 0.3) is 0 Å². The number of nitriles is 1. The molecule has 1 heterocycles. The predicted octanol–water partition coefficient (Wildman–Crippen LogP) is 3.02. The van der Waals surface area contributed by atoms with Crippen LogP contribution in [0.15, 0.2) is 54.6 Å². The Kier molecular flexibility index (Phi) is 5.33. The monoisotopic (exact) mass is 347 g/mol. The lowest BCUT2D eigenvalue weighted by Crippen LogP contribution is -2.53. The van der Waals surface area contributed by atoms with Gasteiger partial charge in [0.05, 0.1) is 12.5 Å². The minimum Gasteiger partial charge on any atom is -0.330 e. The summed E-state index contributed by atoms with van der Waals surface area (Å²) in [6.45, 7) is 0.666. The molecule has 0 aromatic heterocycles. The molecule has 0 N–H and O–H groups in total. The van der Waals surface area contributed by atoms with Gasteiger partial charge in [-0.05, 0) is 42.7 Å². The van der Waals surface area contributed by atoms with Crippen molar-refractivity contribution in [1.29, 1.82) is 5.26 Å². The van der Waals surface area contributed by atoms with Gasteiger partial charge in [-0.15, -0.1) is 0 Å². The summed E-state index contributed by atoms with van der Waals surface area (Å²) in [5.41, 5.74) is 2.16. The number of amides is 2. The molecule has 1 unspecified atom stereocenters. The zero-order valence-electron chi connectivity index (χ0n) is 14.8. The number of carbonyl (C=O) groups is 2. The van der Waals surface area contributed by atoms with Crippen molar-refractivity contribution in [2.45, 2.75) is 25.3 Å². The molecule has 1 aliphatic heterocycles. The Hall–Kier alpha value is -3.13. The highest BCUT2D eigenvalue weighted by atomic mass is 16.2. The van der Waals surface area contributed by atoms with E-state index in [0.29, 0.717) is 18.5 Å². The largest absolute Gasteiger partial charge is 0.330 e. The molecule has 1 aliphatic rings. The molecule has 5 nitrogen and oxygen atoms in total. The number of hydrogen-bond acceptors (Lipinski definition) is 3. The minimum absolute atomic E-state index is 0.0496. The van der Waals surface area contributed by atoms with Crippen LogP contribution in [0.4, 0.5) is 5.69 Å². The van der Waals surface area contributed by atoms with Crippen LogP contribution >= 0.6 is 0 Å². The lowest BCUT2D eigenvalue weighted by Gasteiger charge is -2.36. The number of likely N-dealkylation sites (N-methyl/N-ethyl adjacent to an activating group) is 1. The van der Waals surface area contributed by atoms with Crippen molar-refractivity contribution in [3.8, 4) is 6.07 Å². The highest BCUT2D eigenvalue weighted by Gasteiger charge is 2.34. The molecule has 0 spiro atoms. The maximum Gasteiger partial charge on any atom is 0.254 e. The SMILES string of the molecule is CN(C(=O)c1cccc(CC#N)c1)C1CCCN(c2ccccc2)C1=O. The molecule has 3 rings (SSSR count). The molecule has 0 radical (unpaired) electrons. The van der Waals surface area contributed by atoms with Gasteiger partial charge in [0.15, 0.2) is 0 Å². The third-order valence-corrected chi connectivity index (χ3v) is 4.72. The lowest BCUT2D eigenvalue weighted by atomic mass is 10.0. The molecule has 0 aliphatic carbocycles. The van der Waals surface area contributed by atoms with Gasteiger partial charge in [-0.25, -0.2) is 0 Å². The van der Waals surface area contributed by atoms with E-state index in [1.165, 1.54) is 4.90 Å². The number of hydrogen-bond donors (Lipinski definition) is 0.